The lowest BCUT2D eigenvalue weighted by Crippen LogP contribution is -2.23. The minimum atomic E-state index is -0.691. The van der Waals surface area contributed by atoms with Crippen LogP contribution in [0.5, 0.6) is 11.5 Å². The van der Waals surface area contributed by atoms with Crippen molar-refractivity contribution in [2.24, 2.45) is 5.10 Å². The Morgan fingerprint density at radius 1 is 1.12 bits per heavy atom. The van der Waals surface area contributed by atoms with Crippen molar-refractivity contribution in [3.05, 3.63) is 94.8 Å². The highest BCUT2D eigenvalue weighted by Crippen LogP contribution is 2.29. The molecule has 3 aromatic rings. The summed E-state index contributed by atoms with van der Waals surface area (Å²) in [6.45, 7) is 3.79. The fourth-order valence-corrected chi connectivity index (χ4v) is 3.37. The molecule has 0 fully saturated rings. The molecular weight excluding hydrogens is 426 g/mol. The maximum Gasteiger partial charge on any atom is 0.251 e. The highest BCUT2D eigenvalue weighted by Gasteiger charge is 2.15. The number of halogens is 2. The van der Waals surface area contributed by atoms with Gasteiger partial charge >= 0.3 is 0 Å². The lowest BCUT2D eigenvalue weighted by Gasteiger charge is -2.18. The summed E-state index contributed by atoms with van der Waals surface area (Å²) in [5, 5.41) is 8.69. The van der Waals surface area contributed by atoms with Gasteiger partial charge in [-0.3, -0.25) is 4.79 Å². The number of allylic oxidation sites excluding steroid dienone is 1. The number of amides is 1. The van der Waals surface area contributed by atoms with Crippen LogP contribution in [0.1, 0.15) is 34.8 Å². The zero-order valence-corrected chi connectivity index (χ0v) is 18.2. The number of pyridine rings is 1. The van der Waals surface area contributed by atoms with Crippen LogP contribution < -0.4 is 15.1 Å². The third-order valence-corrected chi connectivity index (χ3v) is 5.05. The number of hydrogen-bond donors (Lipinski definition) is 1. The number of hydrogen-bond acceptors (Lipinski definition) is 5. The van der Waals surface area contributed by atoms with E-state index in [9.17, 15) is 13.6 Å². The minimum absolute atomic E-state index is 0.00492. The van der Waals surface area contributed by atoms with E-state index >= 15 is 0 Å². The van der Waals surface area contributed by atoms with E-state index in [-0.39, 0.29) is 12.5 Å². The number of ether oxygens (including phenoxy) is 1. The first-order valence-corrected chi connectivity index (χ1v) is 10.3. The lowest BCUT2D eigenvalue weighted by atomic mass is 10.1. The van der Waals surface area contributed by atoms with Crippen molar-refractivity contribution < 1.29 is 18.3 Å². The number of carbonyl (C=O) groups excluding carboxylic acids is 1. The second-order valence-electron chi connectivity index (χ2n) is 7.66. The van der Waals surface area contributed by atoms with E-state index in [1.54, 1.807) is 48.5 Å². The molecule has 1 N–H and O–H groups in total. The van der Waals surface area contributed by atoms with Gasteiger partial charge in [0.1, 0.15) is 23.1 Å². The van der Waals surface area contributed by atoms with Crippen LogP contribution in [0.3, 0.4) is 0 Å². The fourth-order valence-electron chi connectivity index (χ4n) is 3.37. The molecular formula is C25H22F2N4O2. The quantitative estimate of drug-likeness (QED) is 0.542. The van der Waals surface area contributed by atoms with Crippen molar-refractivity contribution in [2.75, 3.05) is 5.01 Å². The third-order valence-electron chi connectivity index (χ3n) is 5.05. The summed E-state index contributed by atoms with van der Waals surface area (Å²) in [6.07, 6.45) is 6.15. The largest absolute Gasteiger partial charge is 0.457 e. The van der Waals surface area contributed by atoms with E-state index in [0.717, 1.165) is 18.1 Å². The first-order chi connectivity index (χ1) is 15.9. The Kier molecular flexibility index (Phi) is 6.44. The number of hydrazone groups is 1. The maximum atomic E-state index is 13.4. The summed E-state index contributed by atoms with van der Waals surface area (Å²) in [5.41, 5.74) is 2.52. The molecule has 0 spiro atoms. The van der Waals surface area contributed by atoms with Gasteiger partial charge in [0.25, 0.3) is 5.91 Å². The molecule has 33 heavy (non-hydrogen) atoms. The number of nitrogens with one attached hydrogen (secondary N) is 1. The first-order valence-electron chi connectivity index (χ1n) is 10.3. The lowest BCUT2D eigenvalue weighted by molar-refractivity contribution is 0.0950. The predicted molar refractivity (Wildman–Crippen MR) is 122 cm³/mol. The molecule has 0 unspecified atom stereocenters. The van der Waals surface area contributed by atoms with Crippen LogP contribution in [0.2, 0.25) is 0 Å². The fraction of sp³-hybridized carbons (Fsp3) is 0.160. The van der Waals surface area contributed by atoms with Crippen molar-refractivity contribution in [2.45, 2.75) is 26.8 Å². The third kappa shape index (κ3) is 5.41. The highest BCUT2D eigenvalue weighted by atomic mass is 19.1. The SMILES string of the molecule is CC1=CN(c2cc(Oc3cccc(C(=O)NCc4cc(F)cc(F)c4)c3C)ccn2)N=CC1. The number of benzene rings is 2. The van der Waals surface area contributed by atoms with E-state index in [4.69, 9.17) is 4.74 Å². The Morgan fingerprint density at radius 3 is 2.67 bits per heavy atom. The smallest absolute Gasteiger partial charge is 0.251 e. The Hall–Kier alpha value is -4.07. The second kappa shape index (κ2) is 9.60. The summed E-state index contributed by atoms with van der Waals surface area (Å²) in [5.74, 6) is -0.0990. The highest BCUT2D eigenvalue weighted by molar-refractivity contribution is 5.96. The van der Waals surface area contributed by atoms with E-state index in [2.05, 4.69) is 15.4 Å². The zero-order valence-electron chi connectivity index (χ0n) is 18.2. The molecule has 4 rings (SSSR count). The zero-order chi connectivity index (χ0) is 23.4. The molecule has 1 aliphatic rings. The number of carbonyl (C=O) groups is 1. The van der Waals surface area contributed by atoms with Gasteiger partial charge in [-0.1, -0.05) is 6.07 Å². The number of aromatic nitrogens is 1. The Bertz CT molecular complexity index is 1240. The monoisotopic (exact) mass is 448 g/mol. The molecule has 0 atom stereocenters. The minimum Gasteiger partial charge on any atom is -0.457 e. The molecule has 2 aromatic carbocycles. The molecule has 1 aromatic heterocycles. The Morgan fingerprint density at radius 2 is 1.91 bits per heavy atom. The standard InChI is InChI=1S/C25H22F2N4O2/c1-16-6-9-30-31(15-16)24-13-21(7-8-28-24)33-23-5-3-4-22(17(23)2)25(32)29-14-18-10-19(26)12-20(27)11-18/h3-5,7-13,15H,6,14H2,1-2H3,(H,29,32). The van der Waals surface area contributed by atoms with E-state index in [0.29, 0.717) is 34.0 Å². The summed E-state index contributed by atoms with van der Waals surface area (Å²) in [6, 6.07) is 11.8. The number of nitrogens with zero attached hydrogens (tertiary/aromatic N) is 3. The molecule has 2 heterocycles. The van der Waals surface area contributed by atoms with Crippen molar-refractivity contribution in [3.63, 3.8) is 0 Å². The van der Waals surface area contributed by atoms with Crippen molar-refractivity contribution in [1.82, 2.24) is 10.3 Å². The first kappa shape index (κ1) is 22.1. The summed E-state index contributed by atoms with van der Waals surface area (Å²) in [4.78, 5) is 17.1. The van der Waals surface area contributed by atoms with Gasteiger partial charge in [0, 0.05) is 54.8 Å². The molecule has 0 radical (unpaired) electrons. The van der Waals surface area contributed by atoms with Crippen LogP contribution in [0.25, 0.3) is 0 Å². The Labute approximate surface area is 190 Å². The topological polar surface area (TPSA) is 66.8 Å². The van der Waals surface area contributed by atoms with Crippen LogP contribution in [-0.2, 0) is 6.54 Å². The predicted octanol–water partition coefficient (Wildman–Crippen LogP) is 5.49. The van der Waals surface area contributed by atoms with Gasteiger partial charge in [0.2, 0.25) is 0 Å². The maximum absolute atomic E-state index is 13.4. The Balaban J connectivity index is 1.49. The van der Waals surface area contributed by atoms with Crippen LogP contribution >= 0.6 is 0 Å². The molecule has 1 aliphatic heterocycles. The van der Waals surface area contributed by atoms with Gasteiger partial charge in [-0.05, 0) is 55.3 Å². The van der Waals surface area contributed by atoms with E-state index in [1.807, 2.05) is 19.3 Å². The van der Waals surface area contributed by atoms with Crippen LogP contribution in [0, 0.1) is 18.6 Å². The van der Waals surface area contributed by atoms with Crippen molar-refractivity contribution in [3.8, 4) is 11.5 Å². The molecule has 1 amide bonds. The van der Waals surface area contributed by atoms with Gasteiger partial charge in [-0.25, -0.2) is 18.8 Å². The average Bonchev–Trinajstić information content (AvgIpc) is 2.78. The van der Waals surface area contributed by atoms with Crippen LogP contribution in [0.4, 0.5) is 14.6 Å². The number of anilines is 1. The van der Waals surface area contributed by atoms with E-state index < -0.39 is 11.6 Å². The van der Waals surface area contributed by atoms with Gasteiger partial charge < -0.3 is 10.1 Å². The van der Waals surface area contributed by atoms with E-state index in [1.165, 1.54) is 12.1 Å². The van der Waals surface area contributed by atoms with Crippen molar-refractivity contribution in [1.29, 1.82) is 0 Å². The summed E-state index contributed by atoms with van der Waals surface area (Å²) in [7, 11) is 0. The van der Waals surface area contributed by atoms with Crippen molar-refractivity contribution >= 4 is 17.9 Å². The molecule has 0 saturated heterocycles. The number of rotatable bonds is 6. The van der Waals surface area contributed by atoms with Gasteiger partial charge in [0.15, 0.2) is 5.82 Å². The normalized spacial score (nSPS) is 13.0. The average molecular weight is 448 g/mol. The van der Waals surface area contributed by atoms with Gasteiger partial charge in [0.05, 0.1) is 0 Å². The van der Waals surface area contributed by atoms with Gasteiger partial charge in [-0.2, -0.15) is 5.10 Å². The molecule has 0 aliphatic carbocycles. The molecule has 0 bridgehead atoms. The molecule has 8 heteroatoms. The summed E-state index contributed by atoms with van der Waals surface area (Å²) >= 11 is 0. The molecule has 0 saturated carbocycles. The van der Waals surface area contributed by atoms with Crippen LogP contribution in [0.15, 0.2) is 71.6 Å². The van der Waals surface area contributed by atoms with Gasteiger partial charge in [-0.15, -0.1) is 0 Å². The summed E-state index contributed by atoms with van der Waals surface area (Å²) < 4.78 is 32.8. The molecule has 168 valence electrons. The van der Waals surface area contributed by atoms with Crippen LogP contribution in [-0.4, -0.2) is 17.1 Å². The molecule has 6 nitrogen and oxygen atoms in total. The second-order valence-corrected chi connectivity index (χ2v) is 7.66.